The summed E-state index contributed by atoms with van der Waals surface area (Å²) in [7, 11) is 2.05. The second-order valence-electron chi connectivity index (χ2n) is 4.62. The zero-order valence-corrected chi connectivity index (χ0v) is 11.9. The van der Waals surface area contributed by atoms with E-state index in [1.807, 2.05) is 19.2 Å². The van der Waals surface area contributed by atoms with Crippen molar-refractivity contribution >= 4 is 17.4 Å². The minimum Gasteiger partial charge on any atom is -0.373 e. The molecule has 0 saturated carbocycles. The van der Waals surface area contributed by atoms with Crippen LogP contribution in [0.5, 0.6) is 0 Å². The van der Waals surface area contributed by atoms with Gasteiger partial charge in [0.25, 0.3) is 0 Å². The van der Waals surface area contributed by atoms with Gasteiger partial charge in [0, 0.05) is 20.0 Å². The maximum atomic E-state index is 11.5. The van der Waals surface area contributed by atoms with E-state index in [9.17, 15) is 4.79 Å². The minimum atomic E-state index is -0.0370. The van der Waals surface area contributed by atoms with Crippen LogP contribution in [0.1, 0.15) is 32.6 Å². The predicted molar refractivity (Wildman–Crippen MR) is 79.3 cm³/mol. The smallest absolute Gasteiger partial charge is 0.225 e. The number of nitrogens with two attached hydrogens (primary N) is 1. The minimum absolute atomic E-state index is 0.0370. The molecule has 5 nitrogen and oxygen atoms in total. The van der Waals surface area contributed by atoms with Gasteiger partial charge in [-0.2, -0.15) is 0 Å². The molecule has 0 aliphatic heterocycles. The highest BCUT2D eigenvalue weighted by Gasteiger charge is 2.04. The van der Waals surface area contributed by atoms with E-state index in [1.165, 1.54) is 6.42 Å². The van der Waals surface area contributed by atoms with Gasteiger partial charge in [0.1, 0.15) is 5.82 Å². The maximum Gasteiger partial charge on any atom is 0.225 e. The summed E-state index contributed by atoms with van der Waals surface area (Å²) in [5, 5.41) is 2.76. The first-order chi connectivity index (χ1) is 9.17. The van der Waals surface area contributed by atoms with Gasteiger partial charge in [0.2, 0.25) is 5.91 Å². The Bertz CT molecular complexity index is 378. The van der Waals surface area contributed by atoms with Gasteiger partial charge < -0.3 is 16.0 Å². The molecule has 5 heteroatoms. The molecular formula is C14H24N4O. The normalized spacial score (nSPS) is 10.3. The molecule has 0 fully saturated rings. The number of pyridine rings is 1. The van der Waals surface area contributed by atoms with E-state index < -0.39 is 0 Å². The van der Waals surface area contributed by atoms with Gasteiger partial charge in [-0.3, -0.25) is 4.79 Å². The number of nitrogens with zero attached hydrogens (tertiary/aromatic N) is 2. The maximum absolute atomic E-state index is 11.5. The Labute approximate surface area is 115 Å². The molecule has 1 rings (SSSR count). The number of anilines is 2. The van der Waals surface area contributed by atoms with Crippen molar-refractivity contribution in [3.8, 4) is 0 Å². The quantitative estimate of drug-likeness (QED) is 0.753. The lowest BCUT2D eigenvalue weighted by atomic mass is 10.3. The summed E-state index contributed by atoms with van der Waals surface area (Å²) in [6.45, 7) is 3.72. The van der Waals surface area contributed by atoms with Crippen LogP contribution in [0.3, 0.4) is 0 Å². The molecule has 0 aliphatic carbocycles. The van der Waals surface area contributed by atoms with E-state index in [4.69, 9.17) is 5.73 Å². The Morgan fingerprint density at radius 2 is 2.21 bits per heavy atom. The first-order valence-corrected chi connectivity index (χ1v) is 6.84. The Kier molecular flexibility index (Phi) is 6.89. The Hall–Kier alpha value is -1.62. The summed E-state index contributed by atoms with van der Waals surface area (Å²) in [5.74, 6) is 0.555. The number of unbranched alkanes of at least 4 members (excludes halogenated alkanes) is 1. The molecule has 1 aromatic rings. The Balaban J connectivity index is 2.49. The van der Waals surface area contributed by atoms with Gasteiger partial charge in [-0.25, -0.2) is 4.98 Å². The van der Waals surface area contributed by atoms with Gasteiger partial charge in [0.05, 0.1) is 11.9 Å². The second kappa shape index (κ2) is 8.48. The van der Waals surface area contributed by atoms with Gasteiger partial charge >= 0.3 is 0 Å². The molecule has 0 unspecified atom stereocenters. The summed E-state index contributed by atoms with van der Waals surface area (Å²) in [6.07, 6.45) is 5.26. The van der Waals surface area contributed by atoms with Crippen LogP contribution in [0.25, 0.3) is 0 Å². The number of rotatable bonds is 8. The fourth-order valence-corrected chi connectivity index (χ4v) is 1.68. The third-order valence-electron chi connectivity index (χ3n) is 2.91. The SMILES string of the molecule is CCCCN(C)c1ccc(NC(=O)CCCN)nc1. The molecule has 0 atom stereocenters. The highest BCUT2D eigenvalue weighted by atomic mass is 16.1. The molecule has 0 aliphatic rings. The molecule has 0 bridgehead atoms. The lowest BCUT2D eigenvalue weighted by molar-refractivity contribution is -0.116. The fourth-order valence-electron chi connectivity index (χ4n) is 1.68. The van der Waals surface area contributed by atoms with Gasteiger partial charge in [-0.1, -0.05) is 13.3 Å². The summed E-state index contributed by atoms with van der Waals surface area (Å²) < 4.78 is 0. The predicted octanol–water partition coefficient (Wildman–Crippen LogP) is 2.00. The van der Waals surface area contributed by atoms with E-state index in [-0.39, 0.29) is 5.91 Å². The average Bonchev–Trinajstić information content (AvgIpc) is 2.43. The standard InChI is InChI=1S/C14H24N4O/c1-3-4-10-18(2)12-7-8-13(16-11-12)17-14(19)6-5-9-15/h7-8,11H,3-6,9-10,15H2,1-2H3,(H,16,17,19). The van der Waals surface area contributed by atoms with Crippen LogP contribution in [0.4, 0.5) is 11.5 Å². The average molecular weight is 264 g/mol. The molecule has 19 heavy (non-hydrogen) atoms. The van der Waals surface area contributed by atoms with Crippen molar-refractivity contribution in [2.45, 2.75) is 32.6 Å². The van der Waals surface area contributed by atoms with Crippen molar-refractivity contribution in [2.24, 2.45) is 5.73 Å². The van der Waals surface area contributed by atoms with Crippen molar-refractivity contribution in [3.63, 3.8) is 0 Å². The highest BCUT2D eigenvalue weighted by Crippen LogP contribution is 2.14. The van der Waals surface area contributed by atoms with Crippen LogP contribution in [-0.2, 0) is 4.79 Å². The zero-order valence-electron chi connectivity index (χ0n) is 11.9. The number of hydrogen-bond acceptors (Lipinski definition) is 4. The Morgan fingerprint density at radius 1 is 1.42 bits per heavy atom. The molecule has 0 radical (unpaired) electrons. The van der Waals surface area contributed by atoms with Crippen LogP contribution in [0.15, 0.2) is 18.3 Å². The van der Waals surface area contributed by atoms with Crippen LogP contribution >= 0.6 is 0 Å². The van der Waals surface area contributed by atoms with Gasteiger partial charge in [-0.05, 0) is 31.5 Å². The molecule has 0 spiro atoms. The second-order valence-corrected chi connectivity index (χ2v) is 4.62. The molecule has 106 valence electrons. The van der Waals surface area contributed by atoms with Crippen LogP contribution in [0.2, 0.25) is 0 Å². The van der Waals surface area contributed by atoms with E-state index in [0.29, 0.717) is 25.2 Å². The summed E-state index contributed by atoms with van der Waals surface area (Å²) in [6, 6.07) is 3.80. The molecule has 3 N–H and O–H groups in total. The third kappa shape index (κ3) is 5.70. The van der Waals surface area contributed by atoms with Crippen molar-refractivity contribution in [2.75, 3.05) is 30.4 Å². The molecular weight excluding hydrogens is 240 g/mol. The van der Waals surface area contributed by atoms with Crippen molar-refractivity contribution in [3.05, 3.63) is 18.3 Å². The number of carbonyl (C=O) groups excluding carboxylic acids is 1. The van der Waals surface area contributed by atoms with Crippen molar-refractivity contribution in [1.29, 1.82) is 0 Å². The fraction of sp³-hybridized carbons (Fsp3) is 0.571. The van der Waals surface area contributed by atoms with E-state index >= 15 is 0 Å². The number of hydrogen-bond donors (Lipinski definition) is 2. The van der Waals surface area contributed by atoms with E-state index in [1.54, 1.807) is 6.20 Å². The number of carbonyl (C=O) groups is 1. The van der Waals surface area contributed by atoms with Crippen LogP contribution < -0.4 is 16.0 Å². The molecule has 0 aromatic carbocycles. The number of aromatic nitrogens is 1. The first-order valence-electron chi connectivity index (χ1n) is 6.84. The van der Waals surface area contributed by atoms with E-state index in [2.05, 4.69) is 22.1 Å². The third-order valence-corrected chi connectivity index (χ3v) is 2.91. The topological polar surface area (TPSA) is 71.2 Å². The number of nitrogens with one attached hydrogen (secondary N) is 1. The van der Waals surface area contributed by atoms with Crippen LogP contribution in [-0.4, -0.2) is 31.0 Å². The van der Waals surface area contributed by atoms with Gasteiger partial charge in [-0.15, -0.1) is 0 Å². The summed E-state index contributed by atoms with van der Waals surface area (Å²) >= 11 is 0. The largest absolute Gasteiger partial charge is 0.373 e. The monoisotopic (exact) mass is 264 g/mol. The van der Waals surface area contributed by atoms with Gasteiger partial charge in [0.15, 0.2) is 0 Å². The van der Waals surface area contributed by atoms with E-state index in [0.717, 1.165) is 18.7 Å². The zero-order chi connectivity index (χ0) is 14.1. The molecule has 1 amide bonds. The highest BCUT2D eigenvalue weighted by molar-refractivity contribution is 5.89. The summed E-state index contributed by atoms with van der Waals surface area (Å²) in [4.78, 5) is 17.9. The molecule has 0 saturated heterocycles. The molecule has 1 heterocycles. The number of amides is 1. The molecule has 1 aromatic heterocycles. The summed E-state index contributed by atoms with van der Waals surface area (Å²) in [5.41, 5.74) is 6.43. The van der Waals surface area contributed by atoms with Crippen molar-refractivity contribution in [1.82, 2.24) is 4.98 Å². The lowest BCUT2D eigenvalue weighted by Gasteiger charge is -2.18. The lowest BCUT2D eigenvalue weighted by Crippen LogP contribution is -2.19. The van der Waals surface area contributed by atoms with Crippen LogP contribution in [0, 0.1) is 0 Å². The van der Waals surface area contributed by atoms with Crippen molar-refractivity contribution < 1.29 is 4.79 Å². The first kappa shape index (κ1) is 15.4. The Morgan fingerprint density at radius 3 is 2.79 bits per heavy atom.